The second-order valence-corrected chi connectivity index (χ2v) is 10.5. The van der Waals surface area contributed by atoms with Crippen LogP contribution in [0, 0.1) is 13.8 Å². The summed E-state index contributed by atoms with van der Waals surface area (Å²) in [5, 5.41) is 12.4. The molecule has 1 amide bonds. The number of hydrogen-bond donors (Lipinski definition) is 4. The summed E-state index contributed by atoms with van der Waals surface area (Å²) < 4.78 is 10.8. The van der Waals surface area contributed by atoms with Crippen molar-refractivity contribution in [2.24, 2.45) is 11.5 Å². The lowest BCUT2D eigenvalue weighted by atomic mass is 9.94. The summed E-state index contributed by atoms with van der Waals surface area (Å²) in [5.41, 5.74) is 17.9. The lowest BCUT2D eigenvalue weighted by Gasteiger charge is -2.32. The molecule has 0 spiro atoms. The number of aldehydes is 1. The number of rotatable bonds is 14. The molecule has 0 saturated carbocycles. The average Bonchev–Trinajstić information content (AvgIpc) is 3.00. The third-order valence-electron chi connectivity index (χ3n) is 7.33. The van der Waals surface area contributed by atoms with Gasteiger partial charge in [0.05, 0.1) is 31.5 Å². The van der Waals surface area contributed by atoms with Gasteiger partial charge in [-0.15, -0.1) is 0 Å². The number of carboxylic acid groups (broad SMARTS) is 1. The van der Waals surface area contributed by atoms with Gasteiger partial charge in [0.25, 0.3) is 0 Å². The van der Waals surface area contributed by atoms with Crippen molar-refractivity contribution >= 4 is 23.9 Å². The molecule has 0 aliphatic rings. The minimum absolute atomic E-state index is 0.133. The number of carbonyl (C=O) groups is 3. The van der Waals surface area contributed by atoms with Crippen molar-refractivity contribution in [1.82, 2.24) is 10.2 Å². The van der Waals surface area contributed by atoms with Crippen molar-refractivity contribution in [2.45, 2.75) is 45.8 Å². The number of hydrogen-bond acceptors (Lipinski definition) is 8. The van der Waals surface area contributed by atoms with E-state index in [9.17, 15) is 19.5 Å². The number of aryl methyl sites for hydroxylation is 2. The highest BCUT2D eigenvalue weighted by Gasteiger charge is 2.27. The van der Waals surface area contributed by atoms with Crippen molar-refractivity contribution in [3.05, 3.63) is 99.7 Å². The maximum atomic E-state index is 13.9. The monoisotopic (exact) mass is 588 g/mol. The SMILES string of the molecule is COc1ccc(CN(C(=O)C(N)Cc2c(C)cc(C=O)cc2C)C(C)CN/C=C(\N)c2cccc(C(=O)O)c2)cc1OC. The fourth-order valence-corrected chi connectivity index (χ4v) is 4.93. The molecule has 0 radical (unpaired) electrons. The number of methoxy groups -OCH3 is 2. The first-order valence-electron chi connectivity index (χ1n) is 13.8. The van der Waals surface area contributed by atoms with E-state index in [-0.39, 0.29) is 24.1 Å². The van der Waals surface area contributed by atoms with Gasteiger partial charge in [0.2, 0.25) is 5.91 Å². The molecule has 3 aromatic rings. The maximum absolute atomic E-state index is 13.9. The van der Waals surface area contributed by atoms with Crippen molar-refractivity contribution in [2.75, 3.05) is 20.8 Å². The fraction of sp³-hybridized carbons (Fsp3) is 0.303. The first-order chi connectivity index (χ1) is 20.5. The molecule has 0 bridgehead atoms. The highest BCUT2D eigenvalue weighted by atomic mass is 16.5. The van der Waals surface area contributed by atoms with Crippen LogP contribution in [0.2, 0.25) is 0 Å². The largest absolute Gasteiger partial charge is 0.493 e. The van der Waals surface area contributed by atoms with Crippen LogP contribution in [-0.4, -0.2) is 61.0 Å². The molecule has 3 aromatic carbocycles. The smallest absolute Gasteiger partial charge is 0.335 e. The van der Waals surface area contributed by atoms with E-state index in [1.165, 1.54) is 12.1 Å². The van der Waals surface area contributed by atoms with Gasteiger partial charge in [-0.05, 0) is 91.4 Å². The van der Waals surface area contributed by atoms with Crippen LogP contribution >= 0.6 is 0 Å². The summed E-state index contributed by atoms with van der Waals surface area (Å²) in [5.74, 6) is -0.161. The van der Waals surface area contributed by atoms with E-state index in [0.29, 0.717) is 41.3 Å². The molecule has 0 aliphatic heterocycles. The summed E-state index contributed by atoms with van der Waals surface area (Å²) in [4.78, 5) is 38.2. The van der Waals surface area contributed by atoms with Crippen LogP contribution in [0.3, 0.4) is 0 Å². The number of ether oxygens (including phenoxy) is 2. The van der Waals surface area contributed by atoms with Crippen LogP contribution in [0.15, 0.2) is 60.8 Å². The Kier molecular flexibility index (Phi) is 11.3. The number of nitrogens with zero attached hydrogens (tertiary/aromatic N) is 1. The van der Waals surface area contributed by atoms with Crippen molar-refractivity contribution in [3.8, 4) is 11.5 Å². The molecule has 43 heavy (non-hydrogen) atoms. The Bertz CT molecular complexity index is 1480. The van der Waals surface area contributed by atoms with E-state index in [0.717, 1.165) is 28.5 Å². The molecular formula is C33H40N4O6. The summed E-state index contributed by atoms with van der Waals surface area (Å²) >= 11 is 0. The second kappa shape index (κ2) is 14.9. The molecule has 0 aliphatic carbocycles. The van der Waals surface area contributed by atoms with E-state index in [1.54, 1.807) is 55.7 Å². The zero-order valence-corrected chi connectivity index (χ0v) is 25.2. The molecule has 0 fully saturated rings. The van der Waals surface area contributed by atoms with Crippen LogP contribution in [0.5, 0.6) is 11.5 Å². The van der Waals surface area contributed by atoms with Crippen LogP contribution < -0.4 is 26.3 Å². The predicted molar refractivity (Wildman–Crippen MR) is 166 cm³/mol. The van der Waals surface area contributed by atoms with Crippen LogP contribution in [0.25, 0.3) is 5.70 Å². The molecule has 10 heteroatoms. The normalized spacial score (nSPS) is 12.7. The Labute approximate surface area is 252 Å². The lowest BCUT2D eigenvalue weighted by molar-refractivity contribution is -0.135. The number of nitrogens with one attached hydrogen (secondary N) is 1. The predicted octanol–water partition coefficient (Wildman–Crippen LogP) is 3.67. The zero-order valence-electron chi connectivity index (χ0n) is 25.2. The number of carboxylic acids is 1. The third-order valence-corrected chi connectivity index (χ3v) is 7.33. The Balaban J connectivity index is 1.85. The molecule has 0 saturated heterocycles. The van der Waals surface area contributed by atoms with Gasteiger partial charge >= 0.3 is 5.97 Å². The molecule has 6 N–H and O–H groups in total. The minimum Gasteiger partial charge on any atom is -0.493 e. The quantitative estimate of drug-likeness (QED) is 0.206. The van der Waals surface area contributed by atoms with E-state index in [4.69, 9.17) is 20.9 Å². The first kappa shape index (κ1) is 32.7. The maximum Gasteiger partial charge on any atom is 0.335 e. The highest BCUT2D eigenvalue weighted by Crippen LogP contribution is 2.28. The number of carbonyl (C=O) groups excluding carboxylic acids is 2. The molecule has 10 nitrogen and oxygen atoms in total. The third kappa shape index (κ3) is 8.36. The molecule has 0 aromatic heterocycles. The van der Waals surface area contributed by atoms with Gasteiger partial charge in [-0.25, -0.2) is 4.79 Å². The van der Waals surface area contributed by atoms with E-state index in [1.807, 2.05) is 32.9 Å². The van der Waals surface area contributed by atoms with Gasteiger partial charge in [-0.3, -0.25) is 9.59 Å². The standard InChI is InChI=1S/C33H40N4O6/c1-20-11-24(19-38)12-21(2)27(20)15-28(34)32(39)37(18-23-9-10-30(42-4)31(13-23)43-5)22(3)16-36-17-29(35)25-7-6-8-26(14-25)33(40)41/h6-14,17,19,22,28,36H,15-16,18,34-35H2,1-5H3,(H,40,41)/b29-17-. The van der Waals surface area contributed by atoms with Crippen LogP contribution in [0.4, 0.5) is 0 Å². The van der Waals surface area contributed by atoms with Gasteiger partial charge < -0.3 is 36.3 Å². The topological polar surface area (TPSA) is 157 Å². The Morgan fingerprint density at radius 2 is 1.65 bits per heavy atom. The van der Waals surface area contributed by atoms with Gasteiger partial charge in [-0.2, -0.15) is 0 Å². The Morgan fingerprint density at radius 1 is 1.00 bits per heavy atom. The molecule has 0 heterocycles. The molecule has 228 valence electrons. The molecule has 2 atom stereocenters. The zero-order chi connectivity index (χ0) is 31.7. The molecular weight excluding hydrogens is 548 g/mol. The Morgan fingerprint density at radius 3 is 2.26 bits per heavy atom. The van der Waals surface area contributed by atoms with Crippen LogP contribution in [0.1, 0.15) is 55.5 Å². The fourth-order valence-electron chi connectivity index (χ4n) is 4.93. The van der Waals surface area contributed by atoms with Crippen molar-refractivity contribution in [1.29, 1.82) is 0 Å². The number of aromatic carboxylic acids is 1. The van der Waals surface area contributed by atoms with Crippen molar-refractivity contribution < 1.29 is 29.0 Å². The minimum atomic E-state index is -1.04. The molecule has 3 rings (SSSR count). The number of amides is 1. The van der Waals surface area contributed by atoms with E-state index in [2.05, 4.69) is 5.32 Å². The van der Waals surface area contributed by atoms with E-state index >= 15 is 0 Å². The highest BCUT2D eigenvalue weighted by molar-refractivity contribution is 5.88. The van der Waals surface area contributed by atoms with E-state index < -0.39 is 12.0 Å². The van der Waals surface area contributed by atoms with Gasteiger partial charge in [0.15, 0.2) is 11.5 Å². The number of benzene rings is 3. The number of nitrogens with two attached hydrogens (primary N) is 2. The van der Waals surface area contributed by atoms with Gasteiger partial charge in [0.1, 0.15) is 6.29 Å². The Hall–Kier alpha value is -4.83. The van der Waals surface area contributed by atoms with Gasteiger partial charge in [-0.1, -0.05) is 18.2 Å². The second-order valence-electron chi connectivity index (χ2n) is 10.5. The average molecular weight is 589 g/mol. The summed E-state index contributed by atoms with van der Waals surface area (Å²) in [6.07, 6.45) is 2.71. The summed E-state index contributed by atoms with van der Waals surface area (Å²) in [6, 6.07) is 14.3. The first-order valence-corrected chi connectivity index (χ1v) is 13.8. The summed E-state index contributed by atoms with van der Waals surface area (Å²) in [7, 11) is 3.11. The van der Waals surface area contributed by atoms with Crippen molar-refractivity contribution in [3.63, 3.8) is 0 Å². The summed E-state index contributed by atoms with van der Waals surface area (Å²) in [6.45, 7) is 6.32. The molecule has 2 unspecified atom stereocenters. The van der Waals surface area contributed by atoms with Gasteiger partial charge in [0, 0.05) is 30.9 Å². The van der Waals surface area contributed by atoms with Crippen LogP contribution in [-0.2, 0) is 17.8 Å². The lowest BCUT2D eigenvalue weighted by Crippen LogP contribution is -2.50.